The highest BCUT2D eigenvalue weighted by Gasteiger charge is 2.21. The molecule has 0 bridgehead atoms. The van der Waals surface area contributed by atoms with Gasteiger partial charge < -0.3 is 30.6 Å². The van der Waals surface area contributed by atoms with E-state index in [1.165, 1.54) is 12.1 Å². The summed E-state index contributed by atoms with van der Waals surface area (Å²) in [6.45, 7) is 1.80. The van der Waals surface area contributed by atoms with Gasteiger partial charge >= 0.3 is 0 Å². The van der Waals surface area contributed by atoms with Gasteiger partial charge in [-0.2, -0.15) is 0 Å². The Balaban J connectivity index is 1.71. The van der Waals surface area contributed by atoms with Crippen LogP contribution in [-0.2, 0) is 12.8 Å². The molecule has 0 aliphatic rings. The van der Waals surface area contributed by atoms with E-state index in [1.807, 2.05) is 0 Å². The standard InChI is InChI=1S/C28H26O6/c1-16(21-12-19(25(31)14-27(21)33)10-17-6-2-4-8-23(17)29)22-13-20(26(32)15-28(22)34)11-18-7-3-5-9-24(18)30/h2-9,12-16,29-34H,10-11H2,1H3. The van der Waals surface area contributed by atoms with E-state index < -0.39 is 5.92 Å². The summed E-state index contributed by atoms with van der Waals surface area (Å²) in [5.41, 5.74) is 3.21. The maximum atomic E-state index is 10.6. The Bertz CT molecular complexity index is 1240. The smallest absolute Gasteiger partial charge is 0.123 e. The number of aromatic hydroxyl groups is 6. The average Bonchev–Trinajstić information content (AvgIpc) is 2.79. The fourth-order valence-corrected chi connectivity index (χ4v) is 4.16. The lowest BCUT2D eigenvalue weighted by Crippen LogP contribution is -2.01. The second kappa shape index (κ2) is 9.27. The molecular formula is C28H26O6. The van der Waals surface area contributed by atoms with Gasteiger partial charge in [0.25, 0.3) is 0 Å². The summed E-state index contributed by atoms with van der Waals surface area (Å²) < 4.78 is 0. The first kappa shape index (κ1) is 22.9. The molecule has 0 atom stereocenters. The second-order valence-corrected chi connectivity index (χ2v) is 8.41. The Morgan fingerprint density at radius 3 is 1.24 bits per heavy atom. The molecule has 0 saturated heterocycles. The van der Waals surface area contributed by atoms with Crippen LogP contribution < -0.4 is 0 Å². The highest BCUT2D eigenvalue weighted by Crippen LogP contribution is 2.41. The zero-order valence-electron chi connectivity index (χ0n) is 18.6. The first-order chi connectivity index (χ1) is 16.2. The van der Waals surface area contributed by atoms with Gasteiger partial charge in [-0.15, -0.1) is 0 Å². The molecule has 0 unspecified atom stereocenters. The topological polar surface area (TPSA) is 121 Å². The molecule has 0 aromatic heterocycles. The van der Waals surface area contributed by atoms with Crippen LogP contribution in [0.5, 0.6) is 34.5 Å². The molecule has 4 aromatic rings. The highest BCUT2D eigenvalue weighted by atomic mass is 16.3. The SMILES string of the molecule is CC(c1cc(Cc2ccccc2O)c(O)cc1O)c1cc(Cc2ccccc2O)c(O)cc1O. The molecule has 0 aliphatic carbocycles. The van der Waals surface area contributed by atoms with Crippen molar-refractivity contribution in [2.75, 3.05) is 0 Å². The minimum Gasteiger partial charge on any atom is -0.508 e. The van der Waals surface area contributed by atoms with Crippen LogP contribution in [0.4, 0.5) is 0 Å². The van der Waals surface area contributed by atoms with Gasteiger partial charge in [0.1, 0.15) is 34.5 Å². The normalized spacial score (nSPS) is 11.1. The molecule has 6 N–H and O–H groups in total. The number of phenolic OH excluding ortho intramolecular Hbond substituents is 6. The van der Waals surface area contributed by atoms with Crippen molar-refractivity contribution >= 4 is 0 Å². The highest BCUT2D eigenvalue weighted by molar-refractivity contribution is 5.56. The van der Waals surface area contributed by atoms with Crippen molar-refractivity contribution < 1.29 is 30.6 Å². The van der Waals surface area contributed by atoms with Crippen LogP contribution in [0.1, 0.15) is 46.2 Å². The average molecular weight is 459 g/mol. The van der Waals surface area contributed by atoms with Crippen molar-refractivity contribution in [2.24, 2.45) is 0 Å². The number of para-hydroxylation sites is 2. The molecule has 0 radical (unpaired) electrons. The lowest BCUT2D eigenvalue weighted by molar-refractivity contribution is 0.435. The van der Waals surface area contributed by atoms with E-state index in [0.29, 0.717) is 33.4 Å². The second-order valence-electron chi connectivity index (χ2n) is 8.41. The number of benzene rings is 4. The largest absolute Gasteiger partial charge is 0.508 e. The summed E-state index contributed by atoms with van der Waals surface area (Å²) in [7, 11) is 0. The molecule has 0 saturated carbocycles. The van der Waals surface area contributed by atoms with Gasteiger partial charge in [0, 0.05) is 42.0 Å². The summed E-state index contributed by atoms with van der Waals surface area (Å²) in [5, 5.41) is 62.2. The Kier molecular flexibility index (Phi) is 6.23. The van der Waals surface area contributed by atoms with E-state index in [0.717, 1.165) is 0 Å². The minimum absolute atomic E-state index is 0.105. The van der Waals surface area contributed by atoms with Crippen molar-refractivity contribution in [3.05, 3.63) is 106 Å². The monoisotopic (exact) mass is 458 g/mol. The Hall–Kier alpha value is -4.32. The third-order valence-corrected chi connectivity index (χ3v) is 6.13. The van der Waals surface area contributed by atoms with E-state index in [2.05, 4.69) is 0 Å². The lowest BCUT2D eigenvalue weighted by Gasteiger charge is -2.19. The molecule has 0 aliphatic heterocycles. The molecule has 0 fully saturated rings. The predicted molar refractivity (Wildman–Crippen MR) is 129 cm³/mol. The fourth-order valence-electron chi connectivity index (χ4n) is 4.16. The Morgan fingerprint density at radius 2 is 0.853 bits per heavy atom. The van der Waals surface area contributed by atoms with Gasteiger partial charge in [0.2, 0.25) is 0 Å². The maximum absolute atomic E-state index is 10.6. The van der Waals surface area contributed by atoms with Gasteiger partial charge in [-0.1, -0.05) is 43.3 Å². The summed E-state index contributed by atoms with van der Waals surface area (Å²) in [4.78, 5) is 0. The summed E-state index contributed by atoms with van der Waals surface area (Å²) in [6, 6.07) is 19.4. The zero-order chi connectivity index (χ0) is 24.4. The van der Waals surface area contributed by atoms with Crippen LogP contribution in [0.15, 0.2) is 72.8 Å². The van der Waals surface area contributed by atoms with Crippen molar-refractivity contribution in [3.63, 3.8) is 0 Å². The van der Waals surface area contributed by atoms with E-state index in [1.54, 1.807) is 67.6 Å². The van der Waals surface area contributed by atoms with Crippen LogP contribution in [-0.4, -0.2) is 30.6 Å². The molecule has 4 rings (SSSR count). The van der Waals surface area contributed by atoms with Crippen LogP contribution in [0.2, 0.25) is 0 Å². The zero-order valence-corrected chi connectivity index (χ0v) is 18.6. The molecule has 34 heavy (non-hydrogen) atoms. The first-order valence-electron chi connectivity index (χ1n) is 10.9. The van der Waals surface area contributed by atoms with Crippen molar-refractivity contribution in [2.45, 2.75) is 25.7 Å². The molecule has 6 heteroatoms. The Morgan fingerprint density at radius 1 is 0.471 bits per heavy atom. The molecule has 0 spiro atoms. The molecule has 0 heterocycles. The van der Waals surface area contributed by atoms with Gasteiger partial charge in [-0.3, -0.25) is 0 Å². The first-order valence-corrected chi connectivity index (χ1v) is 10.9. The third kappa shape index (κ3) is 4.57. The molecule has 0 amide bonds. The van der Waals surface area contributed by atoms with Gasteiger partial charge in [-0.25, -0.2) is 0 Å². The number of rotatable bonds is 6. The van der Waals surface area contributed by atoms with E-state index in [4.69, 9.17) is 0 Å². The summed E-state index contributed by atoms with van der Waals surface area (Å²) in [6.07, 6.45) is 0.497. The summed E-state index contributed by atoms with van der Waals surface area (Å²) >= 11 is 0. The molecular weight excluding hydrogens is 432 g/mol. The van der Waals surface area contributed by atoms with Crippen LogP contribution >= 0.6 is 0 Å². The van der Waals surface area contributed by atoms with E-state index in [9.17, 15) is 30.6 Å². The van der Waals surface area contributed by atoms with Crippen LogP contribution in [0, 0.1) is 0 Å². The maximum Gasteiger partial charge on any atom is 0.123 e. The van der Waals surface area contributed by atoms with E-state index in [-0.39, 0.29) is 47.3 Å². The van der Waals surface area contributed by atoms with Crippen molar-refractivity contribution in [1.29, 1.82) is 0 Å². The fraction of sp³-hybridized carbons (Fsp3) is 0.143. The lowest BCUT2D eigenvalue weighted by atomic mass is 9.87. The Labute approximate surface area is 197 Å². The van der Waals surface area contributed by atoms with Gasteiger partial charge in [-0.05, 0) is 46.5 Å². The molecule has 174 valence electrons. The predicted octanol–water partition coefficient (Wildman–Crippen LogP) is 5.25. The van der Waals surface area contributed by atoms with Crippen molar-refractivity contribution in [3.8, 4) is 34.5 Å². The summed E-state index contributed by atoms with van der Waals surface area (Å²) in [5.74, 6) is -0.767. The number of hydrogen-bond donors (Lipinski definition) is 6. The van der Waals surface area contributed by atoms with Gasteiger partial charge in [0.15, 0.2) is 0 Å². The molecule has 6 nitrogen and oxygen atoms in total. The number of phenols is 6. The van der Waals surface area contributed by atoms with Gasteiger partial charge in [0.05, 0.1) is 0 Å². The number of hydrogen-bond acceptors (Lipinski definition) is 6. The molecule has 4 aromatic carbocycles. The van der Waals surface area contributed by atoms with Crippen LogP contribution in [0.25, 0.3) is 0 Å². The van der Waals surface area contributed by atoms with Crippen LogP contribution in [0.3, 0.4) is 0 Å². The van der Waals surface area contributed by atoms with E-state index >= 15 is 0 Å². The minimum atomic E-state index is -0.493. The van der Waals surface area contributed by atoms with Crippen molar-refractivity contribution in [1.82, 2.24) is 0 Å². The third-order valence-electron chi connectivity index (χ3n) is 6.13. The quantitative estimate of drug-likeness (QED) is 0.235.